The number of likely N-dealkylation sites (N-methyl/N-ethyl adjacent to an activating group) is 1. The third kappa shape index (κ3) is 6.01. The molecule has 0 radical (unpaired) electrons. The molecule has 2 N–H and O–H groups in total. The van der Waals surface area contributed by atoms with Crippen LogP contribution < -0.4 is 10.6 Å². The summed E-state index contributed by atoms with van der Waals surface area (Å²) < 4.78 is 0. The van der Waals surface area contributed by atoms with Crippen LogP contribution in [0.4, 0.5) is 5.69 Å². The highest BCUT2D eigenvalue weighted by Crippen LogP contribution is 2.23. The molecule has 0 bridgehead atoms. The molecule has 0 saturated heterocycles. The topological polar surface area (TPSA) is 61.4 Å². The first-order valence-corrected chi connectivity index (χ1v) is 9.30. The van der Waals surface area contributed by atoms with Gasteiger partial charge in [0, 0.05) is 16.8 Å². The quantitative estimate of drug-likeness (QED) is 0.813. The number of amides is 2. The summed E-state index contributed by atoms with van der Waals surface area (Å²) in [4.78, 5) is 26.4. The van der Waals surface area contributed by atoms with Gasteiger partial charge in [0.1, 0.15) is 0 Å². The molecule has 25 heavy (non-hydrogen) atoms. The molecule has 138 valence electrons. The minimum atomic E-state index is -0.362. The van der Waals surface area contributed by atoms with E-state index in [1.54, 1.807) is 36.2 Å². The molecule has 0 spiro atoms. The number of hydrogen-bond acceptors (Lipinski definition) is 3. The van der Waals surface area contributed by atoms with Gasteiger partial charge < -0.3 is 10.6 Å². The molecular weight excluding hydrogens is 338 g/mol. The van der Waals surface area contributed by atoms with Gasteiger partial charge in [-0.3, -0.25) is 14.5 Å². The number of carbonyl (C=O) groups is 2. The predicted molar refractivity (Wildman–Crippen MR) is 102 cm³/mol. The molecule has 1 aromatic carbocycles. The van der Waals surface area contributed by atoms with Crippen molar-refractivity contribution in [2.75, 3.05) is 18.9 Å². The van der Waals surface area contributed by atoms with E-state index in [1.165, 1.54) is 12.8 Å². The second kappa shape index (κ2) is 9.20. The number of nitrogens with zero attached hydrogens (tertiary/aromatic N) is 1. The number of rotatable bonds is 6. The van der Waals surface area contributed by atoms with Gasteiger partial charge in [-0.1, -0.05) is 37.4 Å². The molecule has 5 nitrogen and oxygen atoms in total. The summed E-state index contributed by atoms with van der Waals surface area (Å²) in [6, 6.07) is 6.90. The summed E-state index contributed by atoms with van der Waals surface area (Å²) >= 11 is 5.92. The fourth-order valence-electron chi connectivity index (χ4n) is 3.16. The molecule has 0 aromatic heterocycles. The molecule has 3 unspecified atom stereocenters. The Labute approximate surface area is 155 Å². The Morgan fingerprint density at radius 3 is 2.72 bits per heavy atom. The maximum Gasteiger partial charge on any atom is 0.238 e. The Kier molecular flexibility index (Phi) is 7.26. The van der Waals surface area contributed by atoms with Crippen molar-refractivity contribution in [3.63, 3.8) is 0 Å². The predicted octanol–water partition coefficient (Wildman–Crippen LogP) is 3.29. The van der Waals surface area contributed by atoms with E-state index in [-0.39, 0.29) is 30.4 Å². The Morgan fingerprint density at radius 1 is 1.32 bits per heavy atom. The fraction of sp³-hybridized carbons (Fsp3) is 0.579. The second-order valence-corrected chi connectivity index (χ2v) is 7.46. The molecule has 0 aliphatic heterocycles. The number of benzene rings is 1. The van der Waals surface area contributed by atoms with E-state index < -0.39 is 0 Å². The van der Waals surface area contributed by atoms with Crippen LogP contribution in [0, 0.1) is 5.92 Å². The lowest BCUT2D eigenvalue weighted by Crippen LogP contribution is -2.50. The largest absolute Gasteiger partial charge is 0.352 e. The van der Waals surface area contributed by atoms with Crippen LogP contribution in [-0.4, -0.2) is 42.4 Å². The average molecular weight is 366 g/mol. The van der Waals surface area contributed by atoms with Crippen LogP contribution in [0.1, 0.15) is 39.5 Å². The first-order chi connectivity index (χ1) is 11.9. The van der Waals surface area contributed by atoms with Crippen molar-refractivity contribution >= 4 is 29.1 Å². The van der Waals surface area contributed by atoms with E-state index in [0.29, 0.717) is 16.6 Å². The van der Waals surface area contributed by atoms with Gasteiger partial charge in [0.2, 0.25) is 11.8 Å². The smallest absolute Gasteiger partial charge is 0.238 e. The van der Waals surface area contributed by atoms with Crippen molar-refractivity contribution in [3.05, 3.63) is 29.3 Å². The van der Waals surface area contributed by atoms with Crippen molar-refractivity contribution in [3.8, 4) is 0 Å². The van der Waals surface area contributed by atoms with Gasteiger partial charge in [-0.15, -0.1) is 0 Å². The Bertz CT molecular complexity index is 608. The minimum Gasteiger partial charge on any atom is -0.352 e. The van der Waals surface area contributed by atoms with Crippen molar-refractivity contribution in [1.82, 2.24) is 10.2 Å². The normalized spacial score (nSPS) is 21.6. The molecule has 1 fully saturated rings. The molecule has 2 rings (SSSR count). The number of anilines is 1. The summed E-state index contributed by atoms with van der Waals surface area (Å²) in [5.41, 5.74) is 0.652. The van der Waals surface area contributed by atoms with E-state index >= 15 is 0 Å². The molecule has 3 atom stereocenters. The second-order valence-electron chi connectivity index (χ2n) is 7.03. The van der Waals surface area contributed by atoms with Crippen LogP contribution in [0.2, 0.25) is 5.02 Å². The van der Waals surface area contributed by atoms with Crippen molar-refractivity contribution in [2.45, 2.75) is 51.6 Å². The number of nitrogens with one attached hydrogen (secondary N) is 2. The van der Waals surface area contributed by atoms with Gasteiger partial charge in [-0.05, 0) is 50.9 Å². The molecular formula is C19H28ClN3O2. The lowest BCUT2D eigenvalue weighted by atomic mass is 9.86. The van der Waals surface area contributed by atoms with Gasteiger partial charge in [0.25, 0.3) is 0 Å². The zero-order valence-corrected chi connectivity index (χ0v) is 16.0. The van der Waals surface area contributed by atoms with E-state index in [1.807, 2.05) is 6.92 Å². The molecule has 0 heterocycles. The van der Waals surface area contributed by atoms with E-state index in [2.05, 4.69) is 17.6 Å². The van der Waals surface area contributed by atoms with E-state index in [9.17, 15) is 9.59 Å². The number of hydrogen-bond donors (Lipinski definition) is 2. The lowest BCUT2D eigenvalue weighted by molar-refractivity contribution is -0.127. The van der Waals surface area contributed by atoms with E-state index in [0.717, 1.165) is 12.8 Å². The molecule has 1 aliphatic rings. The highest BCUT2D eigenvalue weighted by molar-refractivity contribution is 6.30. The van der Waals surface area contributed by atoms with E-state index in [4.69, 9.17) is 11.6 Å². The summed E-state index contributed by atoms with van der Waals surface area (Å²) in [5.74, 6) is 0.327. The Morgan fingerprint density at radius 2 is 2.04 bits per heavy atom. The minimum absolute atomic E-state index is 0.0168. The number of carbonyl (C=O) groups excluding carboxylic acids is 2. The van der Waals surface area contributed by atoms with Gasteiger partial charge >= 0.3 is 0 Å². The summed E-state index contributed by atoms with van der Waals surface area (Å²) in [7, 11) is 1.78. The Balaban J connectivity index is 1.83. The number of halogens is 1. The zero-order valence-electron chi connectivity index (χ0n) is 15.2. The monoisotopic (exact) mass is 365 g/mol. The van der Waals surface area contributed by atoms with Crippen molar-refractivity contribution in [1.29, 1.82) is 0 Å². The standard InChI is InChI=1S/C19H28ClN3O2/c1-13-7-4-5-10-17(13)22-19(25)14(2)23(3)12-18(24)21-16-9-6-8-15(20)11-16/h6,8-9,11,13-14,17H,4-5,7,10,12H2,1-3H3,(H,21,24)(H,22,25). The SMILES string of the molecule is CC1CCCCC1NC(=O)C(C)N(C)CC(=O)Nc1cccc(Cl)c1. The van der Waals surface area contributed by atoms with Crippen LogP contribution in [-0.2, 0) is 9.59 Å². The molecule has 1 saturated carbocycles. The summed E-state index contributed by atoms with van der Waals surface area (Å²) in [6.07, 6.45) is 4.62. The zero-order chi connectivity index (χ0) is 18.4. The molecule has 1 aromatic rings. The maximum absolute atomic E-state index is 12.5. The third-order valence-electron chi connectivity index (χ3n) is 4.98. The third-order valence-corrected chi connectivity index (χ3v) is 5.22. The summed E-state index contributed by atoms with van der Waals surface area (Å²) in [5, 5.41) is 6.52. The highest BCUT2D eigenvalue weighted by atomic mass is 35.5. The molecule has 2 amide bonds. The summed E-state index contributed by atoms with van der Waals surface area (Å²) in [6.45, 7) is 4.16. The Hall–Kier alpha value is -1.59. The molecule has 1 aliphatic carbocycles. The van der Waals surface area contributed by atoms with Crippen LogP contribution in [0.25, 0.3) is 0 Å². The van der Waals surface area contributed by atoms with Crippen molar-refractivity contribution in [2.24, 2.45) is 5.92 Å². The first kappa shape index (κ1) is 19.7. The lowest BCUT2D eigenvalue weighted by Gasteiger charge is -2.32. The van der Waals surface area contributed by atoms with Gasteiger partial charge in [-0.25, -0.2) is 0 Å². The first-order valence-electron chi connectivity index (χ1n) is 8.93. The van der Waals surface area contributed by atoms with Crippen molar-refractivity contribution < 1.29 is 9.59 Å². The van der Waals surface area contributed by atoms with Crippen LogP contribution in [0.3, 0.4) is 0 Å². The van der Waals surface area contributed by atoms with Gasteiger partial charge in [0.15, 0.2) is 0 Å². The average Bonchev–Trinajstić information content (AvgIpc) is 2.56. The molecule has 6 heteroatoms. The van der Waals surface area contributed by atoms with Crippen LogP contribution >= 0.6 is 11.6 Å². The fourth-order valence-corrected chi connectivity index (χ4v) is 3.35. The highest BCUT2D eigenvalue weighted by Gasteiger charge is 2.26. The van der Waals surface area contributed by atoms with Gasteiger partial charge in [0.05, 0.1) is 12.6 Å². The van der Waals surface area contributed by atoms with Crippen LogP contribution in [0.5, 0.6) is 0 Å². The van der Waals surface area contributed by atoms with Crippen LogP contribution in [0.15, 0.2) is 24.3 Å². The maximum atomic E-state index is 12.5. The van der Waals surface area contributed by atoms with Gasteiger partial charge in [-0.2, -0.15) is 0 Å².